The molecule has 0 aliphatic rings. The number of amides is 1. The first kappa shape index (κ1) is 14.6. The summed E-state index contributed by atoms with van der Waals surface area (Å²) in [6, 6.07) is 7.69. The fraction of sp³-hybridized carbons (Fsp3) is 0.533. The van der Waals surface area contributed by atoms with Gasteiger partial charge < -0.3 is 10.6 Å². The molecule has 1 aromatic rings. The van der Waals surface area contributed by atoms with Crippen molar-refractivity contribution in [2.45, 2.75) is 39.5 Å². The van der Waals surface area contributed by atoms with Gasteiger partial charge in [0.1, 0.15) is 0 Å². The van der Waals surface area contributed by atoms with Crippen molar-refractivity contribution < 1.29 is 4.79 Å². The van der Waals surface area contributed by atoms with Crippen LogP contribution in [0.5, 0.6) is 0 Å². The minimum Gasteiger partial charge on any atom is -0.385 e. The second-order valence-electron chi connectivity index (χ2n) is 4.47. The smallest absolute Gasteiger partial charge is 0.251 e. The Morgan fingerprint density at radius 3 is 2.56 bits per heavy atom. The van der Waals surface area contributed by atoms with E-state index in [4.69, 9.17) is 0 Å². The van der Waals surface area contributed by atoms with E-state index in [2.05, 4.69) is 24.5 Å². The molecule has 1 amide bonds. The summed E-state index contributed by atoms with van der Waals surface area (Å²) in [6.07, 6.45) is 4.44. The number of carbonyl (C=O) groups excluding carboxylic acids is 1. The quantitative estimate of drug-likeness (QED) is 0.692. The van der Waals surface area contributed by atoms with Crippen LogP contribution in [0.3, 0.4) is 0 Å². The van der Waals surface area contributed by atoms with Crippen molar-refractivity contribution in [2.75, 3.05) is 18.4 Å². The Bertz CT molecular complexity index is 363. The summed E-state index contributed by atoms with van der Waals surface area (Å²) in [6.45, 7) is 5.99. The standard InChI is InChI=1S/C15H24N2O/c1-3-5-10-16-14-9-7-8-13(12-14)15(18)17-11-6-4-2/h7-9,12,16H,3-6,10-11H2,1-2H3,(H,17,18). The predicted octanol–water partition coefficient (Wildman–Crippen LogP) is 3.43. The first-order valence-electron chi connectivity index (χ1n) is 6.90. The first-order chi connectivity index (χ1) is 8.77. The van der Waals surface area contributed by atoms with Crippen LogP contribution in [0.15, 0.2) is 24.3 Å². The number of hydrogen-bond acceptors (Lipinski definition) is 2. The van der Waals surface area contributed by atoms with Gasteiger partial charge in [0.25, 0.3) is 5.91 Å². The molecule has 0 fully saturated rings. The van der Waals surface area contributed by atoms with Crippen molar-refractivity contribution in [3.8, 4) is 0 Å². The summed E-state index contributed by atoms with van der Waals surface area (Å²) >= 11 is 0. The molecule has 2 N–H and O–H groups in total. The topological polar surface area (TPSA) is 41.1 Å². The van der Waals surface area contributed by atoms with Crippen molar-refractivity contribution in [3.05, 3.63) is 29.8 Å². The van der Waals surface area contributed by atoms with E-state index < -0.39 is 0 Å². The van der Waals surface area contributed by atoms with Crippen LogP contribution < -0.4 is 10.6 Å². The van der Waals surface area contributed by atoms with Crippen molar-refractivity contribution >= 4 is 11.6 Å². The Morgan fingerprint density at radius 1 is 1.11 bits per heavy atom. The third-order valence-electron chi connectivity index (χ3n) is 2.80. The van der Waals surface area contributed by atoms with E-state index in [1.807, 2.05) is 24.3 Å². The largest absolute Gasteiger partial charge is 0.385 e. The van der Waals surface area contributed by atoms with Crippen molar-refractivity contribution in [2.24, 2.45) is 0 Å². The van der Waals surface area contributed by atoms with Crippen LogP contribution in [0.4, 0.5) is 5.69 Å². The van der Waals surface area contributed by atoms with Crippen LogP contribution in [-0.4, -0.2) is 19.0 Å². The van der Waals surface area contributed by atoms with Gasteiger partial charge in [-0.2, -0.15) is 0 Å². The molecule has 0 atom stereocenters. The lowest BCUT2D eigenvalue weighted by Crippen LogP contribution is -2.24. The summed E-state index contributed by atoms with van der Waals surface area (Å²) < 4.78 is 0. The molecule has 0 unspecified atom stereocenters. The van der Waals surface area contributed by atoms with Gasteiger partial charge in [-0.05, 0) is 31.0 Å². The highest BCUT2D eigenvalue weighted by atomic mass is 16.1. The number of hydrogen-bond donors (Lipinski definition) is 2. The number of carbonyl (C=O) groups is 1. The first-order valence-corrected chi connectivity index (χ1v) is 6.90. The average molecular weight is 248 g/mol. The number of unbranched alkanes of at least 4 members (excludes halogenated alkanes) is 2. The van der Waals surface area contributed by atoms with E-state index in [1.165, 1.54) is 6.42 Å². The molecule has 0 bridgehead atoms. The van der Waals surface area contributed by atoms with Gasteiger partial charge in [0.2, 0.25) is 0 Å². The van der Waals surface area contributed by atoms with Gasteiger partial charge in [0, 0.05) is 24.3 Å². The lowest BCUT2D eigenvalue weighted by atomic mass is 10.2. The SMILES string of the molecule is CCCCNC(=O)c1cccc(NCCCC)c1. The summed E-state index contributed by atoms with van der Waals surface area (Å²) in [5.74, 6) is 0.0163. The lowest BCUT2D eigenvalue weighted by molar-refractivity contribution is 0.0953. The van der Waals surface area contributed by atoms with Crippen LogP contribution in [-0.2, 0) is 0 Å². The molecule has 0 heterocycles. The molecule has 0 aromatic heterocycles. The maximum Gasteiger partial charge on any atom is 0.251 e. The molecule has 0 saturated carbocycles. The van der Waals surface area contributed by atoms with Gasteiger partial charge in [0.05, 0.1) is 0 Å². The Hall–Kier alpha value is -1.51. The molecule has 0 spiro atoms. The molecule has 0 aliphatic heterocycles. The van der Waals surface area contributed by atoms with Crippen LogP contribution in [0.25, 0.3) is 0 Å². The highest BCUT2D eigenvalue weighted by molar-refractivity contribution is 5.95. The Balaban J connectivity index is 2.49. The van der Waals surface area contributed by atoms with Crippen LogP contribution in [0.2, 0.25) is 0 Å². The van der Waals surface area contributed by atoms with E-state index in [1.54, 1.807) is 0 Å². The summed E-state index contributed by atoms with van der Waals surface area (Å²) in [4.78, 5) is 11.9. The van der Waals surface area contributed by atoms with Gasteiger partial charge in [-0.3, -0.25) is 4.79 Å². The maximum atomic E-state index is 11.9. The normalized spacial score (nSPS) is 10.1. The Labute approximate surface area is 110 Å². The third kappa shape index (κ3) is 5.21. The molecule has 18 heavy (non-hydrogen) atoms. The molecule has 100 valence electrons. The minimum atomic E-state index is 0.0163. The molecule has 3 heteroatoms. The molecular formula is C15H24N2O. The van der Waals surface area contributed by atoms with E-state index in [-0.39, 0.29) is 5.91 Å². The van der Waals surface area contributed by atoms with Crippen LogP contribution in [0, 0.1) is 0 Å². The number of benzene rings is 1. The van der Waals surface area contributed by atoms with E-state index in [9.17, 15) is 4.79 Å². The molecule has 1 rings (SSSR count). The highest BCUT2D eigenvalue weighted by Gasteiger charge is 2.04. The molecule has 3 nitrogen and oxygen atoms in total. The second kappa shape index (κ2) is 8.56. The zero-order chi connectivity index (χ0) is 13.2. The number of rotatable bonds is 8. The lowest BCUT2D eigenvalue weighted by Gasteiger charge is -2.08. The third-order valence-corrected chi connectivity index (χ3v) is 2.80. The zero-order valence-corrected chi connectivity index (χ0v) is 11.5. The molecule has 0 radical (unpaired) electrons. The molecule has 0 saturated heterocycles. The van der Waals surface area contributed by atoms with Crippen LogP contribution >= 0.6 is 0 Å². The summed E-state index contributed by atoms with van der Waals surface area (Å²) in [5.41, 5.74) is 1.75. The van der Waals surface area contributed by atoms with E-state index in [0.29, 0.717) is 0 Å². The fourth-order valence-electron chi connectivity index (χ4n) is 1.66. The second-order valence-corrected chi connectivity index (χ2v) is 4.47. The highest BCUT2D eigenvalue weighted by Crippen LogP contribution is 2.10. The predicted molar refractivity (Wildman–Crippen MR) is 77.1 cm³/mol. The van der Waals surface area contributed by atoms with Crippen molar-refractivity contribution in [1.82, 2.24) is 5.32 Å². The van der Waals surface area contributed by atoms with Crippen LogP contribution in [0.1, 0.15) is 49.9 Å². The minimum absolute atomic E-state index is 0.0163. The summed E-state index contributed by atoms with van der Waals surface area (Å²) in [7, 11) is 0. The molecular weight excluding hydrogens is 224 g/mol. The van der Waals surface area contributed by atoms with Crippen molar-refractivity contribution in [3.63, 3.8) is 0 Å². The summed E-state index contributed by atoms with van der Waals surface area (Å²) in [5, 5.41) is 6.26. The average Bonchev–Trinajstić information content (AvgIpc) is 2.39. The Kier molecular flexibility index (Phi) is 6.92. The molecule has 0 aliphatic carbocycles. The number of anilines is 1. The van der Waals surface area contributed by atoms with Gasteiger partial charge >= 0.3 is 0 Å². The van der Waals surface area contributed by atoms with Gasteiger partial charge in [0.15, 0.2) is 0 Å². The van der Waals surface area contributed by atoms with E-state index in [0.717, 1.165) is 43.6 Å². The number of nitrogens with one attached hydrogen (secondary N) is 2. The van der Waals surface area contributed by atoms with E-state index >= 15 is 0 Å². The van der Waals surface area contributed by atoms with Crippen molar-refractivity contribution in [1.29, 1.82) is 0 Å². The Morgan fingerprint density at radius 2 is 1.83 bits per heavy atom. The molecule has 1 aromatic carbocycles. The maximum absolute atomic E-state index is 11.9. The van der Waals surface area contributed by atoms with Gasteiger partial charge in [-0.1, -0.05) is 32.8 Å². The fourth-order valence-corrected chi connectivity index (χ4v) is 1.66. The zero-order valence-electron chi connectivity index (χ0n) is 11.5. The van der Waals surface area contributed by atoms with Gasteiger partial charge in [-0.25, -0.2) is 0 Å². The monoisotopic (exact) mass is 248 g/mol. The van der Waals surface area contributed by atoms with Gasteiger partial charge in [-0.15, -0.1) is 0 Å².